The van der Waals surface area contributed by atoms with Gasteiger partial charge in [0.05, 0.1) is 0 Å². The second-order valence-electron chi connectivity index (χ2n) is 3.78. The molecular formula is C8H11F7. The average molecular weight is 240 g/mol. The second-order valence-corrected chi connectivity index (χ2v) is 3.78. The molecule has 0 saturated carbocycles. The van der Waals surface area contributed by atoms with Crippen LogP contribution in [0.3, 0.4) is 0 Å². The Bertz CT molecular complexity index is 218. The van der Waals surface area contributed by atoms with Crippen LogP contribution in [0.25, 0.3) is 0 Å². The molecule has 0 rings (SSSR count). The smallest absolute Gasteiger partial charge is 0.209 e. The van der Waals surface area contributed by atoms with Gasteiger partial charge in [-0.25, -0.2) is 17.6 Å². The first-order chi connectivity index (χ1) is 6.39. The minimum absolute atomic E-state index is 0.155. The molecule has 0 aromatic carbocycles. The number of halogens is 7. The van der Waals surface area contributed by atoms with Gasteiger partial charge in [-0.15, -0.1) is 0 Å². The lowest BCUT2D eigenvalue weighted by Gasteiger charge is -2.40. The summed E-state index contributed by atoms with van der Waals surface area (Å²) in [5.74, 6) is -6.34. The van der Waals surface area contributed by atoms with E-state index in [0.717, 1.165) is 13.8 Å². The Morgan fingerprint density at radius 1 is 0.867 bits per heavy atom. The van der Waals surface area contributed by atoms with Crippen molar-refractivity contribution in [2.45, 2.75) is 39.3 Å². The van der Waals surface area contributed by atoms with Gasteiger partial charge in [0.15, 0.2) is 5.41 Å². The fourth-order valence-corrected chi connectivity index (χ4v) is 1.06. The zero-order valence-electron chi connectivity index (χ0n) is 8.30. The van der Waals surface area contributed by atoms with Crippen LogP contribution in [0.2, 0.25) is 0 Å². The second kappa shape index (κ2) is 3.83. The average Bonchev–Trinajstić information content (AvgIpc) is 1.99. The number of alkyl halides is 7. The van der Waals surface area contributed by atoms with Gasteiger partial charge in [-0.05, 0) is 6.92 Å². The molecule has 0 N–H and O–H groups in total. The summed E-state index contributed by atoms with van der Waals surface area (Å²) >= 11 is 0. The van der Waals surface area contributed by atoms with Crippen molar-refractivity contribution in [2.24, 2.45) is 11.3 Å². The highest BCUT2D eigenvalue weighted by Gasteiger charge is 2.72. The first-order valence-corrected chi connectivity index (χ1v) is 4.11. The van der Waals surface area contributed by atoms with Crippen molar-refractivity contribution in [3.05, 3.63) is 0 Å². The highest BCUT2D eigenvalue weighted by molar-refractivity contribution is 4.98. The third-order valence-electron chi connectivity index (χ3n) is 2.44. The highest BCUT2D eigenvalue weighted by atomic mass is 19.4. The molecule has 0 aliphatic rings. The van der Waals surface area contributed by atoms with Gasteiger partial charge in [-0.2, -0.15) is 13.2 Å². The molecule has 92 valence electrons. The molecule has 15 heavy (non-hydrogen) atoms. The predicted octanol–water partition coefficient (Wildman–Crippen LogP) is 4.11. The number of rotatable bonds is 3. The van der Waals surface area contributed by atoms with Crippen molar-refractivity contribution in [2.75, 3.05) is 0 Å². The maximum absolute atomic E-state index is 13.1. The maximum Gasteiger partial charge on any atom is 0.405 e. The van der Waals surface area contributed by atoms with Crippen LogP contribution in [0.5, 0.6) is 0 Å². The lowest BCUT2D eigenvalue weighted by atomic mass is 9.77. The molecule has 0 radical (unpaired) electrons. The summed E-state index contributed by atoms with van der Waals surface area (Å²) in [5.41, 5.74) is -4.31. The molecule has 0 aromatic heterocycles. The van der Waals surface area contributed by atoms with E-state index >= 15 is 0 Å². The molecule has 0 aliphatic carbocycles. The molecule has 0 aliphatic heterocycles. The summed E-state index contributed by atoms with van der Waals surface area (Å²) in [6.45, 7) is 1.39. The van der Waals surface area contributed by atoms with Crippen LogP contribution in [0.1, 0.15) is 20.8 Å². The first-order valence-electron chi connectivity index (χ1n) is 4.11. The Labute approximate surface area is 82.5 Å². The molecule has 0 heterocycles. The molecule has 1 atom stereocenters. The normalized spacial score (nSPS) is 18.4. The summed E-state index contributed by atoms with van der Waals surface area (Å²) < 4.78 is 87.5. The molecule has 0 amide bonds. The Morgan fingerprint density at radius 3 is 1.27 bits per heavy atom. The van der Waals surface area contributed by atoms with E-state index in [1.165, 1.54) is 0 Å². The quantitative estimate of drug-likeness (QED) is 0.651. The van der Waals surface area contributed by atoms with Gasteiger partial charge in [0.25, 0.3) is 12.3 Å². The number of hydrogen-bond donors (Lipinski definition) is 0. The fraction of sp³-hybridized carbons (Fsp3) is 1.00. The van der Waals surface area contributed by atoms with Gasteiger partial charge in [-0.1, -0.05) is 13.8 Å². The molecule has 0 nitrogen and oxygen atoms in total. The van der Waals surface area contributed by atoms with E-state index in [1.54, 1.807) is 0 Å². The SMILES string of the molecule is CC(C)C(F)(F)C(C)(C(F)F)C(F)(F)F. The molecule has 0 spiro atoms. The van der Waals surface area contributed by atoms with Crippen LogP contribution < -0.4 is 0 Å². The molecular weight excluding hydrogens is 229 g/mol. The maximum atomic E-state index is 13.1. The monoisotopic (exact) mass is 240 g/mol. The van der Waals surface area contributed by atoms with Gasteiger partial charge < -0.3 is 0 Å². The topological polar surface area (TPSA) is 0 Å². The van der Waals surface area contributed by atoms with Crippen molar-refractivity contribution < 1.29 is 30.7 Å². The molecule has 0 saturated heterocycles. The molecule has 1 unspecified atom stereocenters. The van der Waals surface area contributed by atoms with Gasteiger partial charge in [-0.3, -0.25) is 0 Å². The van der Waals surface area contributed by atoms with Crippen molar-refractivity contribution in [1.82, 2.24) is 0 Å². The van der Waals surface area contributed by atoms with Crippen LogP contribution in [0.4, 0.5) is 30.7 Å². The Morgan fingerprint density at radius 2 is 1.20 bits per heavy atom. The summed E-state index contributed by atoms with van der Waals surface area (Å²) in [6, 6.07) is 0. The zero-order chi connectivity index (χ0) is 12.7. The summed E-state index contributed by atoms with van der Waals surface area (Å²) in [5, 5.41) is 0. The standard InChI is InChI=1S/C8H11F7/c1-4(2)7(11,12)6(3,5(9)10)8(13,14)15/h4-5H,1-3H3. The Kier molecular flexibility index (Phi) is 3.70. The molecule has 0 bridgehead atoms. The molecule has 0 fully saturated rings. The van der Waals surface area contributed by atoms with Crippen LogP contribution in [-0.4, -0.2) is 18.5 Å². The largest absolute Gasteiger partial charge is 0.405 e. The third kappa shape index (κ3) is 2.06. The van der Waals surface area contributed by atoms with E-state index in [1.807, 2.05) is 0 Å². The van der Waals surface area contributed by atoms with Crippen LogP contribution in [0.15, 0.2) is 0 Å². The zero-order valence-corrected chi connectivity index (χ0v) is 8.30. The van der Waals surface area contributed by atoms with Crippen molar-refractivity contribution in [3.8, 4) is 0 Å². The van der Waals surface area contributed by atoms with Crippen molar-refractivity contribution >= 4 is 0 Å². The minimum atomic E-state index is -5.66. The van der Waals surface area contributed by atoms with Crippen molar-refractivity contribution in [1.29, 1.82) is 0 Å². The first kappa shape index (κ1) is 14.5. The van der Waals surface area contributed by atoms with Gasteiger partial charge in [0, 0.05) is 5.92 Å². The molecule has 7 heteroatoms. The van der Waals surface area contributed by atoms with E-state index in [-0.39, 0.29) is 6.92 Å². The van der Waals surface area contributed by atoms with Gasteiger partial charge in [0.2, 0.25) is 0 Å². The minimum Gasteiger partial charge on any atom is -0.209 e. The molecule has 0 aromatic rings. The van der Waals surface area contributed by atoms with E-state index in [9.17, 15) is 30.7 Å². The van der Waals surface area contributed by atoms with E-state index in [4.69, 9.17) is 0 Å². The predicted molar refractivity (Wildman–Crippen MR) is 40.0 cm³/mol. The Hall–Kier alpha value is -0.490. The Balaban J connectivity index is 5.51. The van der Waals surface area contributed by atoms with Crippen molar-refractivity contribution in [3.63, 3.8) is 0 Å². The lowest BCUT2D eigenvalue weighted by molar-refractivity contribution is -0.338. The van der Waals surface area contributed by atoms with E-state index < -0.39 is 29.9 Å². The van der Waals surface area contributed by atoms with Gasteiger partial charge >= 0.3 is 6.18 Å². The number of hydrogen-bond acceptors (Lipinski definition) is 0. The third-order valence-corrected chi connectivity index (χ3v) is 2.44. The van der Waals surface area contributed by atoms with Crippen LogP contribution in [-0.2, 0) is 0 Å². The highest BCUT2D eigenvalue weighted by Crippen LogP contribution is 2.55. The summed E-state index contributed by atoms with van der Waals surface area (Å²) in [4.78, 5) is 0. The van der Waals surface area contributed by atoms with Crippen LogP contribution in [0, 0.1) is 11.3 Å². The summed E-state index contributed by atoms with van der Waals surface area (Å²) in [6.07, 6.45) is -9.83. The fourth-order valence-electron chi connectivity index (χ4n) is 1.06. The summed E-state index contributed by atoms with van der Waals surface area (Å²) in [7, 11) is 0. The van der Waals surface area contributed by atoms with E-state index in [0.29, 0.717) is 0 Å². The van der Waals surface area contributed by atoms with E-state index in [2.05, 4.69) is 0 Å². The van der Waals surface area contributed by atoms with Gasteiger partial charge in [0.1, 0.15) is 0 Å². The van der Waals surface area contributed by atoms with Crippen LogP contribution >= 0.6 is 0 Å². The lowest BCUT2D eigenvalue weighted by Crippen LogP contribution is -2.57.